The molecule has 0 aromatic carbocycles. The van der Waals surface area contributed by atoms with Gasteiger partial charge in [0.1, 0.15) is 15.8 Å². The normalized spacial score (nSPS) is 18.4. The predicted octanol–water partition coefficient (Wildman–Crippen LogP) is 3.18. The molecule has 2 aliphatic heterocycles. The molecule has 2 aromatic heterocycles. The number of pyridine rings is 1. The number of hydrogen-bond donors (Lipinski definition) is 1. The highest BCUT2D eigenvalue weighted by atomic mass is 32.2. The fraction of sp³-hybridized carbons (Fsp3) is 0.458. The molecule has 0 radical (unpaired) electrons. The van der Waals surface area contributed by atoms with E-state index in [1.165, 1.54) is 16.2 Å². The number of nitrogens with two attached hydrogens (primary N) is 1. The van der Waals surface area contributed by atoms with Crippen LogP contribution in [0.3, 0.4) is 0 Å². The maximum Gasteiger partial charge on any atom is 0.267 e. The van der Waals surface area contributed by atoms with E-state index in [9.17, 15) is 14.4 Å². The number of anilines is 1. The molecule has 2 aromatic rings. The number of fused-ring (bicyclic) bond motifs is 1. The molecule has 8 nitrogen and oxygen atoms in total. The number of piperidine rings is 1. The summed E-state index contributed by atoms with van der Waals surface area (Å²) < 4.78 is 2.00. The van der Waals surface area contributed by atoms with Crippen LogP contribution in [0, 0.1) is 5.92 Å². The number of aromatic nitrogens is 2. The monoisotopic (exact) mass is 499 g/mol. The minimum atomic E-state index is -0.297. The summed E-state index contributed by atoms with van der Waals surface area (Å²) in [4.78, 5) is 47.0. The number of carbonyl (C=O) groups is 2. The van der Waals surface area contributed by atoms with Gasteiger partial charge >= 0.3 is 0 Å². The van der Waals surface area contributed by atoms with Crippen LogP contribution in [0.1, 0.15) is 51.0 Å². The van der Waals surface area contributed by atoms with Crippen LogP contribution in [0.2, 0.25) is 0 Å². The molecule has 10 heteroatoms. The third-order valence-corrected chi connectivity index (χ3v) is 7.71. The summed E-state index contributed by atoms with van der Waals surface area (Å²) >= 11 is 6.70. The van der Waals surface area contributed by atoms with E-state index in [1.54, 1.807) is 29.3 Å². The molecule has 2 amide bonds. The van der Waals surface area contributed by atoms with Crippen molar-refractivity contribution in [3.8, 4) is 0 Å². The first kappa shape index (κ1) is 24.4. The van der Waals surface area contributed by atoms with Crippen molar-refractivity contribution >= 4 is 57.7 Å². The number of thiocarbonyl (C=S) groups is 1. The van der Waals surface area contributed by atoms with Crippen molar-refractivity contribution in [1.82, 2.24) is 14.3 Å². The van der Waals surface area contributed by atoms with Crippen LogP contribution in [0.25, 0.3) is 11.7 Å². The first-order valence-corrected chi connectivity index (χ1v) is 12.9. The van der Waals surface area contributed by atoms with E-state index in [0.717, 1.165) is 25.7 Å². The van der Waals surface area contributed by atoms with Crippen molar-refractivity contribution < 1.29 is 9.59 Å². The molecule has 0 aliphatic carbocycles. The van der Waals surface area contributed by atoms with Crippen LogP contribution in [0.4, 0.5) is 5.82 Å². The molecule has 0 unspecified atom stereocenters. The first-order chi connectivity index (χ1) is 16.4. The predicted molar refractivity (Wildman–Crippen MR) is 140 cm³/mol. The molecule has 4 rings (SSSR count). The molecule has 2 saturated heterocycles. The van der Waals surface area contributed by atoms with Gasteiger partial charge in [0.25, 0.3) is 11.5 Å². The number of rotatable bonds is 8. The summed E-state index contributed by atoms with van der Waals surface area (Å²) in [6, 6.07) is 5.38. The Hall–Kier alpha value is -2.72. The van der Waals surface area contributed by atoms with Gasteiger partial charge in [-0.2, -0.15) is 0 Å². The summed E-state index contributed by atoms with van der Waals surface area (Å²) in [5, 5.41) is 0. The van der Waals surface area contributed by atoms with Crippen molar-refractivity contribution in [2.24, 2.45) is 11.7 Å². The van der Waals surface area contributed by atoms with Gasteiger partial charge in [0.15, 0.2) is 0 Å². The molecule has 34 heavy (non-hydrogen) atoms. The van der Waals surface area contributed by atoms with Crippen molar-refractivity contribution in [3.63, 3.8) is 0 Å². The largest absolute Gasteiger partial charge is 0.369 e. The lowest BCUT2D eigenvalue weighted by Crippen LogP contribution is -2.40. The lowest BCUT2D eigenvalue weighted by atomic mass is 9.96. The van der Waals surface area contributed by atoms with Gasteiger partial charge in [-0.25, -0.2) is 4.98 Å². The minimum absolute atomic E-state index is 0.164. The molecule has 0 spiro atoms. The summed E-state index contributed by atoms with van der Waals surface area (Å²) in [5.41, 5.74) is 6.13. The molecule has 180 valence electrons. The van der Waals surface area contributed by atoms with E-state index in [4.69, 9.17) is 22.9 Å². The summed E-state index contributed by atoms with van der Waals surface area (Å²) in [6.07, 6.45) is 8.70. The van der Waals surface area contributed by atoms with Crippen LogP contribution >= 0.6 is 24.0 Å². The van der Waals surface area contributed by atoms with Gasteiger partial charge in [-0.15, -0.1) is 0 Å². The van der Waals surface area contributed by atoms with Crippen molar-refractivity contribution in [1.29, 1.82) is 0 Å². The van der Waals surface area contributed by atoms with Crippen LogP contribution in [0.5, 0.6) is 0 Å². The quantitative estimate of drug-likeness (QED) is 0.338. The van der Waals surface area contributed by atoms with Gasteiger partial charge in [-0.1, -0.05) is 56.2 Å². The second-order valence-electron chi connectivity index (χ2n) is 8.64. The molecule has 0 bridgehead atoms. The first-order valence-electron chi connectivity index (χ1n) is 11.7. The summed E-state index contributed by atoms with van der Waals surface area (Å²) in [5.74, 6) is -0.117. The zero-order valence-corrected chi connectivity index (χ0v) is 20.9. The highest BCUT2D eigenvalue weighted by Crippen LogP contribution is 2.34. The summed E-state index contributed by atoms with van der Waals surface area (Å²) in [6.45, 7) is 3.85. The lowest BCUT2D eigenvalue weighted by Gasteiger charge is -2.32. The van der Waals surface area contributed by atoms with Gasteiger partial charge in [-0.05, 0) is 37.5 Å². The highest BCUT2D eigenvalue weighted by Gasteiger charge is 2.33. The maximum absolute atomic E-state index is 13.5. The number of unbranched alkanes of at least 4 members (excludes halogenated alkanes) is 3. The van der Waals surface area contributed by atoms with Crippen molar-refractivity contribution in [3.05, 3.63) is 45.2 Å². The van der Waals surface area contributed by atoms with Gasteiger partial charge in [0.05, 0.1) is 10.5 Å². The van der Waals surface area contributed by atoms with Crippen molar-refractivity contribution in [2.75, 3.05) is 24.5 Å². The average molecular weight is 500 g/mol. The lowest BCUT2D eigenvalue weighted by molar-refractivity contribution is -0.123. The molecular weight excluding hydrogens is 470 g/mol. The molecular formula is C24H29N5O3S2. The van der Waals surface area contributed by atoms with E-state index in [-0.39, 0.29) is 23.3 Å². The van der Waals surface area contributed by atoms with Gasteiger partial charge in [-0.3, -0.25) is 23.7 Å². The fourth-order valence-corrected chi connectivity index (χ4v) is 5.65. The Morgan fingerprint density at radius 3 is 2.71 bits per heavy atom. The Kier molecular flexibility index (Phi) is 7.67. The Balaban J connectivity index is 1.68. The average Bonchev–Trinajstić information content (AvgIpc) is 3.10. The zero-order valence-electron chi connectivity index (χ0n) is 19.2. The van der Waals surface area contributed by atoms with Gasteiger partial charge in [0.2, 0.25) is 5.91 Å². The maximum atomic E-state index is 13.5. The number of nitrogens with zero attached hydrogens (tertiary/aromatic N) is 4. The number of thioether (sulfide) groups is 1. The van der Waals surface area contributed by atoms with Crippen LogP contribution < -0.4 is 16.2 Å². The Morgan fingerprint density at radius 2 is 2.00 bits per heavy atom. The number of hydrogen-bond acceptors (Lipinski definition) is 7. The van der Waals surface area contributed by atoms with E-state index in [2.05, 4.69) is 6.92 Å². The van der Waals surface area contributed by atoms with Crippen LogP contribution in [-0.2, 0) is 9.59 Å². The Morgan fingerprint density at radius 1 is 1.24 bits per heavy atom. The third-order valence-electron chi connectivity index (χ3n) is 6.33. The standard InChI is InChI=1S/C24H29N5O3S2/c1-2-3-4-6-12-29-23(32)18(34-24(29)33)15-17-21(27-13-9-16(10-14-27)20(25)30)26-19-8-5-7-11-28(19)22(17)31/h5,7-8,11,15-16H,2-4,6,9-10,12-14H2,1H3,(H2,25,30)/b18-15-. The minimum Gasteiger partial charge on any atom is -0.369 e. The topological polar surface area (TPSA) is 101 Å². The zero-order chi connectivity index (χ0) is 24.2. The summed E-state index contributed by atoms with van der Waals surface area (Å²) in [7, 11) is 0. The van der Waals surface area contributed by atoms with E-state index < -0.39 is 0 Å². The van der Waals surface area contributed by atoms with Crippen molar-refractivity contribution in [2.45, 2.75) is 45.4 Å². The Labute approximate surface area is 208 Å². The SMILES string of the molecule is CCCCCCN1C(=O)/C(=C/c2c(N3CCC(C(N)=O)CC3)nc3ccccn3c2=O)SC1=S. The molecule has 0 saturated carbocycles. The van der Waals surface area contributed by atoms with Gasteiger partial charge in [0, 0.05) is 31.7 Å². The molecule has 0 atom stereocenters. The smallest absolute Gasteiger partial charge is 0.267 e. The number of primary amides is 1. The van der Waals surface area contributed by atoms with E-state index in [0.29, 0.717) is 58.7 Å². The molecule has 4 heterocycles. The number of amides is 2. The third kappa shape index (κ3) is 5.02. The molecule has 2 N–H and O–H groups in total. The van der Waals surface area contributed by atoms with Gasteiger partial charge < -0.3 is 10.6 Å². The van der Waals surface area contributed by atoms with Crippen LogP contribution in [-0.4, -0.2) is 50.1 Å². The van der Waals surface area contributed by atoms with Crippen LogP contribution in [0.15, 0.2) is 34.1 Å². The van der Waals surface area contributed by atoms with E-state index >= 15 is 0 Å². The molecule has 2 fully saturated rings. The van der Waals surface area contributed by atoms with E-state index in [1.807, 2.05) is 11.0 Å². The number of carbonyl (C=O) groups excluding carboxylic acids is 2. The second kappa shape index (κ2) is 10.7. The highest BCUT2D eigenvalue weighted by molar-refractivity contribution is 8.26. The second-order valence-corrected chi connectivity index (χ2v) is 10.3. The Bertz CT molecular complexity index is 1200. The molecule has 2 aliphatic rings. The fourth-order valence-electron chi connectivity index (χ4n) is 4.35.